The number of para-hydroxylation sites is 1. The van der Waals surface area contributed by atoms with Crippen molar-refractivity contribution in [3.63, 3.8) is 0 Å². The van der Waals surface area contributed by atoms with E-state index in [9.17, 15) is 4.79 Å². The molecule has 0 atom stereocenters. The van der Waals surface area contributed by atoms with Gasteiger partial charge in [0.25, 0.3) is 5.91 Å². The van der Waals surface area contributed by atoms with Gasteiger partial charge in [0.1, 0.15) is 0 Å². The van der Waals surface area contributed by atoms with Crippen molar-refractivity contribution in [2.75, 3.05) is 17.3 Å². The molecule has 3 N–H and O–H groups in total. The highest BCUT2D eigenvalue weighted by molar-refractivity contribution is 7.98. The van der Waals surface area contributed by atoms with Gasteiger partial charge in [-0.15, -0.1) is 11.8 Å². The number of nitrogens with two attached hydrogens (primary N) is 1. The molecule has 0 saturated heterocycles. The lowest BCUT2D eigenvalue weighted by atomic mass is 10.2. The third-order valence-corrected chi connectivity index (χ3v) is 3.47. The van der Waals surface area contributed by atoms with Gasteiger partial charge in [-0.25, -0.2) is 0 Å². The van der Waals surface area contributed by atoms with Crippen molar-refractivity contribution >= 4 is 29.0 Å². The number of pyridine rings is 1. The van der Waals surface area contributed by atoms with E-state index in [1.54, 1.807) is 17.8 Å². The van der Waals surface area contributed by atoms with E-state index in [0.717, 1.165) is 16.3 Å². The van der Waals surface area contributed by atoms with E-state index in [1.165, 1.54) is 6.20 Å². The lowest BCUT2D eigenvalue weighted by molar-refractivity contribution is 0.102. The molecule has 0 unspecified atom stereocenters. The molecule has 0 aliphatic heterocycles. The van der Waals surface area contributed by atoms with Crippen LogP contribution in [0.4, 0.5) is 11.4 Å². The molecule has 2 aromatic rings. The molecule has 1 heterocycles. The maximum Gasteiger partial charge on any atom is 0.259 e. The summed E-state index contributed by atoms with van der Waals surface area (Å²) < 4.78 is 0. The Morgan fingerprint density at radius 2 is 2.11 bits per heavy atom. The van der Waals surface area contributed by atoms with Gasteiger partial charge >= 0.3 is 0 Å². The van der Waals surface area contributed by atoms with Crippen molar-refractivity contribution in [1.82, 2.24) is 4.98 Å². The average molecular weight is 273 g/mol. The minimum absolute atomic E-state index is 0.244. The van der Waals surface area contributed by atoms with Crippen LogP contribution in [0.25, 0.3) is 0 Å². The standard InChI is InChI=1S/C14H15N3OS/c1-9-7-11(15)10(8-16-9)14(18)17-12-5-3-4-6-13(12)19-2/h3-8H,1-2H3,(H2,15,16)(H,17,18). The van der Waals surface area contributed by atoms with Crippen LogP contribution >= 0.6 is 11.8 Å². The van der Waals surface area contributed by atoms with Crippen LogP contribution in [0.2, 0.25) is 0 Å². The Kier molecular flexibility index (Phi) is 4.06. The number of thioether (sulfide) groups is 1. The Hall–Kier alpha value is -2.01. The van der Waals surface area contributed by atoms with Crippen molar-refractivity contribution in [1.29, 1.82) is 0 Å². The smallest absolute Gasteiger partial charge is 0.259 e. The number of carbonyl (C=O) groups is 1. The van der Waals surface area contributed by atoms with Crippen molar-refractivity contribution in [2.45, 2.75) is 11.8 Å². The zero-order valence-electron chi connectivity index (χ0n) is 10.8. The SMILES string of the molecule is CSc1ccccc1NC(=O)c1cnc(C)cc1N. The second kappa shape index (κ2) is 5.75. The molecule has 0 aliphatic rings. The molecule has 1 aromatic carbocycles. The number of rotatable bonds is 3. The fraction of sp³-hybridized carbons (Fsp3) is 0.143. The summed E-state index contributed by atoms with van der Waals surface area (Å²) in [7, 11) is 0. The van der Waals surface area contributed by atoms with Crippen molar-refractivity contribution < 1.29 is 4.79 Å². The number of nitrogens with zero attached hydrogens (tertiary/aromatic N) is 1. The number of benzene rings is 1. The first-order chi connectivity index (χ1) is 9.11. The van der Waals surface area contributed by atoms with Crippen molar-refractivity contribution in [2.24, 2.45) is 0 Å². The lowest BCUT2D eigenvalue weighted by Gasteiger charge is -2.10. The number of anilines is 2. The quantitative estimate of drug-likeness (QED) is 0.844. The lowest BCUT2D eigenvalue weighted by Crippen LogP contribution is -2.15. The van der Waals surface area contributed by atoms with Crippen molar-refractivity contribution in [3.8, 4) is 0 Å². The topological polar surface area (TPSA) is 68.0 Å². The van der Waals surface area contributed by atoms with Gasteiger partial charge < -0.3 is 11.1 Å². The summed E-state index contributed by atoms with van der Waals surface area (Å²) in [5.74, 6) is -0.244. The molecule has 2 rings (SSSR count). The molecule has 0 saturated carbocycles. The number of aryl methyl sites for hydroxylation is 1. The van der Waals surface area contributed by atoms with Crippen LogP contribution < -0.4 is 11.1 Å². The summed E-state index contributed by atoms with van der Waals surface area (Å²) in [4.78, 5) is 17.3. The van der Waals surface area contributed by atoms with Crippen LogP contribution in [-0.4, -0.2) is 17.1 Å². The summed E-state index contributed by atoms with van der Waals surface area (Å²) in [6.45, 7) is 1.83. The summed E-state index contributed by atoms with van der Waals surface area (Å²) in [5, 5.41) is 2.86. The van der Waals surface area contributed by atoms with E-state index < -0.39 is 0 Å². The molecule has 0 aliphatic carbocycles. The molecule has 98 valence electrons. The van der Waals surface area contributed by atoms with Crippen molar-refractivity contribution in [3.05, 3.63) is 47.8 Å². The van der Waals surface area contributed by atoms with E-state index in [1.807, 2.05) is 37.4 Å². The minimum Gasteiger partial charge on any atom is -0.398 e. The largest absolute Gasteiger partial charge is 0.398 e. The van der Waals surface area contributed by atoms with Gasteiger partial charge in [-0.05, 0) is 31.4 Å². The van der Waals surface area contributed by atoms with E-state index in [2.05, 4.69) is 10.3 Å². The zero-order chi connectivity index (χ0) is 13.8. The fourth-order valence-corrected chi connectivity index (χ4v) is 2.26. The number of hydrogen-bond donors (Lipinski definition) is 2. The predicted molar refractivity (Wildman–Crippen MR) is 79.6 cm³/mol. The van der Waals surface area contributed by atoms with Gasteiger partial charge in [0.2, 0.25) is 0 Å². The molecular formula is C14H15N3OS. The summed E-state index contributed by atoms with van der Waals surface area (Å²) in [5.41, 5.74) is 8.24. The third kappa shape index (κ3) is 3.06. The Morgan fingerprint density at radius 3 is 2.79 bits per heavy atom. The monoisotopic (exact) mass is 273 g/mol. The van der Waals surface area contributed by atoms with Gasteiger partial charge in [0, 0.05) is 22.5 Å². The van der Waals surface area contributed by atoms with Crippen LogP contribution in [0.1, 0.15) is 16.1 Å². The second-order valence-corrected chi connectivity index (χ2v) is 4.92. The fourth-order valence-electron chi connectivity index (χ4n) is 1.71. The third-order valence-electron chi connectivity index (χ3n) is 2.67. The number of nitrogens with one attached hydrogen (secondary N) is 1. The first kappa shape index (κ1) is 13.4. The van der Waals surface area contributed by atoms with Gasteiger partial charge in [0.05, 0.1) is 11.3 Å². The number of hydrogen-bond acceptors (Lipinski definition) is 4. The summed E-state index contributed by atoms with van der Waals surface area (Å²) in [6.07, 6.45) is 3.47. The molecule has 0 bridgehead atoms. The van der Waals surface area contributed by atoms with Crippen LogP contribution in [0.5, 0.6) is 0 Å². The molecule has 4 nitrogen and oxygen atoms in total. The normalized spacial score (nSPS) is 10.2. The molecule has 5 heteroatoms. The number of carbonyl (C=O) groups excluding carboxylic acids is 1. The Labute approximate surface area is 116 Å². The molecule has 0 fully saturated rings. The molecule has 1 aromatic heterocycles. The van der Waals surface area contributed by atoms with Crippen LogP contribution in [0.3, 0.4) is 0 Å². The predicted octanol–water partition coefficient (Wildman–Crippen LogP) is 2.95. The molecule has 0 radical (unpaired) electrons. The highest BCUT2D eigenvalue weighted by atomic mass is 32.2. The minimum atomic E-state index is -0.244. The molecule has 1 amide bonds. The first-order valence-corrected chi connectivity index (χ1v) is 7.01. The van der Waals surface area contributed by atoms with Gasteiger partial charge in [-0.2, -0.15) is 0 Å². The van der Waals surface area contributed by atoms with Crippen LogP contribution in [-0.2, 0) is 0 Å². The van der Waals surface area contributed by atoms with Crippen LogP contribution in [0.15, 0.2) is 41.4 Å². The average Bonchev–Trinajstić information content (AvgIpc) is 2.39. The van der Waals surface area contributed by atoms with E-state index in [0.29, 0.717) is 11.3 Å². The number of aromatic nitrogens is 1. The zero-order valence-corrected chi connectivity index (χ0v) is 11.6. The number of amides is 1. The Balaban J connectivity index is 2.26. The summed E-state index contributed by atoms with van der Waals surface area (Å²) >= 11 is 1.58. The Bertz CT molecular complexity index is 613. The van der Waals surface area contributed by atoms with E-state index in [-0.39, 0.29) is 5.91 Å². The maximum absolute atomic E-state index is 12.2. The van der Waals surface area contributed by atoms with E-state index >= 15 is 0 Å². The second-order valence-electron chi connectivity index (χ2n) is 4.07. The van der Waals surface area contributed by atoms with Gasteiger partial charge in [-0.1, -0.05) is 12.1 Å². The summed E-state index contributed by atoms with van der Waals surface area (Å²) in [6, 6.07) is 9.32. The molecular weight excluding hydrogens is 258 g/mol. The first-order valence-electron chi connectivity index (χ1n) is 5.78. The van der Waals surface area contributed by atoms with E-state index in [4.69, 9.17) is 5.73 Å². The molecule has 0 spiro atoms. The highest BCUT2D eigenvalue weighted by Gasteiger charge is 2.12. The Morgan fingerprint density at radius 1 is 1.37 bits per heavy atom. The molecule has 19 heavy (non-hydrogen) atoms. The van der Waals surface area contributed by atoms with Crippen LogP contribution in [0, 0.1) is 6.92 Å². The van der Waals surface area contributed by atoms with Gasteiger partial charge in [-0.3, -0.25) is 9.78 Å². The van der Waals surface area contributed by atoms with Gasteiger partial charge in [0.15, 0.2) is 0 Å². The highest BCUT2D eigenvalue weighted by Crippen LogP contribution is 2.25. The number of nitrogen functional groups attached to an aromatic ring is 1. The maximum atomic E-state index is 12.2.